The Morgan fingerprint density at radius 3 is 2.88 bits per heavy atom. The van der Waals surface area contributed by atoms with Crippen LogP contribution >= 0.6 is 11.7 Å². The molecule has 1 saturated carbocycles. The van der Waals surface area contributed by atoms with Gasteiger partial charge in [0, 0.05) is 12.6 Å². The zero-order chi connectivity index (χ0) is 12.1. The summed E-state index contributed by atoms with van der Waals surface area (Å²) in [7, 11) is 0. The zero-order valence-corrected chi connectivity index (χ0v) is 10.6. The van der Waals surface area contributed by atoms with E-state index in [1.54, 1.807) is 0 Å². The molecule has 3 N–H and O–H groups in total. The van der Waals surface area contributed by atoms with Gasteiger partial charge in [-0.3, -0.25) is 4.79 Å². The molecule has 0 bridgehead atoms. The standard InChI is InChI=1S/C11H18N4OS/c12-6-9(8-4-2-1-3-5-8)14-11(16)10-7-13-17-15-10/h7-9H,1-6,12H2,(H,14,16). The van der Waals surface area contributed by atoms with Gasteiger partial charge in [0.15, 0.2) is 5.69 Å². The van der Waals surface area contributed by atoms with Crippen LogP contribution in [0.4, 0.5) is 0 Å². The Bertz CT molecular complexity index is 348. The number of aromatic nitrogens is 2. The van der Waals surface area contributed by atoms with E-state index in [2.05, 4.69) is 14.1 Å². The fourth-order valence-electron chi connectivity index (χ4n) is 2.41. The zero-order valence-electron chi connectivity index (χ0n) is 9.76. The second-order valence-electron chi connectivity index (χ2n) is 4.51. The Labute approximate surface area is 105 Å². The molecule has 94 valence electrons. The highest BCUT2D eigenvalue weighted by atomic mass is 32.1. The maximum atomic E-state index is 11.9. The van der Waals surface area contributed by atoms with Crippen LogP contribution in [0.5, 0.6) is 0 Å². The van der Waals surface area contributed by atoms with Crippen molar-refractivity contribution in [2.75, 3.05) is 6.54 Å². The highest BCUT2D eigenvalue weighted by molar-refractivity contribution is 6.99. The number of hydrogen-bond acceptors (Lipinski definition) is 5. The lowest BCUT2D eigenvalue weighted by Crippen LogP contribution is -2.46. The van der Waals surface area contributed by atoms with Crippen LogP contribution in [-0.2, 0) is 0 Å². The molecule has 0 aromatic carbocycles. The molecule has 1 unspecified atom stereocenters. The molecule has 1 aliphatic rings. The second-order valence-corrected chi connectivity index (χ2v) is 5.06. The summed E-state index contributed by atoms with van der Waals surface area (Å²) in [5, 5.41) is 2.98. The van der Waals surface area contributed by atoms with Crippen molar-refractivity contribution in [3.05, 3.63) is 11.9 Å². The van der Waals surface area contributed by atoms with Gasteiger partial charge in [-0.1, -0.05) is 19.3 Å². The minimum atomic E-state index is -0.153. The van der Waals surface area contributed by atoms with Crippen molar-refractivity contribution < 1.29 is 4.79 Å². The van der Waals surface area contributed by atoms with Crippen LogP contribution in [0.2, 0.25) is 0 Å². The SMILES string of the molecule is NCC(NC(=O)c1cnsn1)C1CCCCC1. The molecule has 1 aliphatic carbocycles. The van der Waals surface area contributed by atoms with Crippen LogP contribution in [0, 0.1) is 5.92 Å². The number of rotatable bonds is 4. The van der Waals surface area contributed by atoms with Crippen molar-refractivity contribution in [3.8, 4) is 0 Å². The number of amides is 1. The second kappa shape index (κ2) is 6.07. The molecule has 0 aliphatic heterocycles. The van der Waals surface area contributed by atoms with Gasteiger partial charge >= 0.3 is 0 Å². The minimum absolute atomic E-state index is 0.0736. The lowest BCUT2D eigenvalue weighted by Gasteiger charge is -2.29. The number of nitrogens with zero attached hydrogens (tertiary/aromatic N) is 2. The van der Waals surface area contributed by atoms with E-state index in [1.807, 2.05) is 0 Å². The number of carbonyl (C=O) groups is 1. The summed E-state index contributed by atoms with van der Waals surface area (Å²) in [6, 6.07) is 0.0736. The molecule has 1 aromatic rings. The Morgan fingerprint density at radius 2 is 2.29 bits per heavy atom. The average Bonchev–Trinajstić information content (AvgIpc) is 2.90. The van der Waals surface area contributed by atoms with Gasteiger partial charge in [-0.25, -0.2) is 0 Å². The molecule has 1 atom stereocenters. The van der Waals surface area contributed by atoms with E-state index in [1.165, 1.54) is 25.5 Å². The van der Waals surface area contributed by atoms with Gasteiger partial charge in [0.2, 0.25) is 0 Å². The highest BCUT2D eigenvalue weighted by Crippen LogP contribution is 2.26. The quantitative estimate of drug-likeness (QED) is 0.845. The molecule has 2 rings (SSSR count). The smallest absolute Gasteiger partial charge is 0.272 e. The number of hydrogen-bond donors (Lipinski definition) is 2. The Morgan fingerprint density at radius 1 is 1.53 bits per heavy atom. The third kappa shape index (κ3) is 3.23. The lowest BCUT2D eigenvalue weighted by atomic mass is 9.84. The fourth-order valence-corrected chi connectivity index (χ4v) is 2.82. The Hall–Kier alpha value is -1.01. The van der Waals surface area contributed by atoms with E-state index in [9.17, 15) is 4.79 Å². The summed E-state index contributed by atoms with van der Waals surface area (Å²) < 4.78 is 7.75. The van der Waals surface area contributed by atoms with Crippen molar-refractivity contribution in [2.45, 2.75) is 38.1 Å². The summed E-state index contributed by atoms with van der Waals surface area (Å²) >= 11 is 1.05. The molecule has 17 heavy (non-hydrogen) atoms. The molecule has 1 amide bonds. The first-order valence-corrected chi connectivity index (χ1v) is 6.83. The van der Waals surface area contributed by atoms with E-state index in [-0.39, 0.29) is 11.9 Å². The molecule has 6 heteroatoms. The first kappa shape index (κ1) is 12.4. The van der Waals surface area contributed by atoms with Crippen LogP contribution < -0.4 is 11.1 Å². The summed E-state index contributed by atoms with van der Waals surface area (Å²) in [5.74, 6) is 0.365. The van der Waals surface area contributed by atoms with Gasteiger partial charge in [-0.15, -0.1) is 0 Å². The van der Waals surface area contributed by atoms with Crippen molar-refractivity contribution >= 4 is 17.6 Å². The summed E-state index contributed by atoms with van der Waals surface area (Å²) in [6.45, 7) is 0.494. The molecular weight excluding hydrogens is 236 g/mol. The largest absolute Gasteiger partial charge is 0.346 e. The summed E-state index contributed by atoms with van der Waals surface area (Å²) in [4.78, 5) is 11.9. The van der Waals surface area contributed by atoms with Gasteiger partial charge in [0.1, 0.15) is 0 Å². The maximum absolute atomic E-state index is 11.9. The van der Waals surface area contributed by atoms with Gasteiger partial charge in [-0.2, -0.15) is 8.75 Å². The molecule has 1 aromatic heterocycles. The van der Waals surface area contributed by atoms with Crippen LogP contribution in [0.3, 0.4) is 0 Å². The molecular formula is C11H18N4OS. The third-order valence-electron chi connectivity index (χ3n) is 3.38. The lowest BCUT2D eigenvalue weighted by molar-refractivity contribution is 0.0911. The summed E-state index contributed by atoms with van der Waals surface area (Å²) in [6.07, 6.45) is 7.62. The predicted octanol–water partition coefficient (Wildman–Crippen LogP) is 1.18. The van der Waals surface area contributed by atoms with Crippen molar-refractivity contribution in [1.29, 1.82) is 0 Å². The molecule has 1 heterocycles. The normalized spacial score (nSPS) is 18.9. The van der Waals surface area contributed by atoms with E-state index >= 15 is 0 Å². The van der Waals surface area contributed by atoms with Gasteiger partial charge in [-0.05, 0) is 18.8 Å². The van der Waals surface area contributed by atoms with Crippen LogP contribution in [-0.4, -0.2) is 27.2 Å². The summed E-state index contributed by atoms with van der Waals surface area (Å²) in [5.41, 5.74) is 6.15. The van der Waals surface area contributed by atoms with Gasteiger partial charge in [0.05, 0.1) is 17.9 Å². The minimum Gasteiger partial charge on any atom is -0.346 e. The van der Waals surface area contributed by atoms with E-state index < -0.39 is 0 Å². The van der Waals surface area contributed by atoms with Gasteiger partial charge < -0.3 is 11.1 Å². The molecule has 0 saturated heterocycles. The topological polar surface area (TPSA) is 80.9 Å². The van der Waals surface area contributed by atoms with Crippen molar-refractivity contribution in [2.24, 2.45) is 11.7 Å². The Balaban J connectivity index is 1.92. The van der Waals surface area contributed by atoms with Crippen molar-refractivity contribution in [1.82, 2.24) is 14.1 Å². The maximum Gasteiger partial charge on any atom is 0.272 e. The predicted molar refractivity (Wildman–Crippen MR) is 66.8 cm³/mol. The highest BCUT2D eigenvalue weighted by Gasteiger charge is 2.24. The number of nitrogens with one attached hydrogen (secondary N) is 1. The first-order valence-electron chi connectivity index (χ1n) is 6.09. The molecule has 1 fully saturated rings. The molecule has 0 radical (unpaired) electrons. The van der Waals surface area contributed by atoms with Crippen molar-refractivity contribution in [3.63, 3.8) is 0 Å². The van der Waals surface area contributed by atoms with Crippen LogP contribution in [0.25, 0.3) is 0 Å². The van der Waals surface area contributed by atoms with Crippen LogP contribution in [0.1, 0.15) is 42.6 Å². The third-order valence-corrected chi connectivity index (χ3v) is 3.86. The first-order chi connectivity index (χ1) is 8.31. The monoisotopic (exact) mass is 254 g/mol. The van der Waals surface area contributed by atoms with E-state index in [0.29, 0.717) is 18.2 Å². The van der Waals surface area contributed by atoms with Gasteiger partial charge in [0.25, 0.3) is 5.91 Å². The average molecular weight is 254 g/mol. The van der Waals surface area contributed by atoms with E-state index in [0.717, 1.165) is 24.6 Å². The molecule has 5 nitrogen and oxygen atoms in total. The number of carbonyl (C=O) groups excluding carboxylic acids is 1. The number of nitrogens with two attached hydrogens (primary N) is 1. The van der Waals surface area contributed by atoms with Crippen LogP contribution in [0.15, 0.2) is 6.20 Å². The Kier molecular flexibility index (Phi) is 4.44. The van der Waals surface area contributed by atoms with E-state index in [4.69, 9.17) is 5.73 Å². The fraction of sp³-hybridized carbons (Fsp3) is 0.727. The molecule has 0 spiro atoms.